The van der Waals surface area contributed by atoms with Gasteiger partial charge in [0.2, 0.25) is 11.8 Å². The van der Waals surface area contributed by atoms with Gasteiger partial charge >= 0.3 is 0 Å². The Morgan fingerprint density at radius 1 is 0.880 bits per heavy atom. The summed E-state index contributed by atoms with van der Waals surface area (Å²) in [6.07, 6.45) is 3.78. The number of halogens is 3. The van der Waals surface area contributed by atoms with E-state index in [9.17, 15) is 22.4 Å². The molecule has 1 aliphatic carbocycles. The van der Waals surface area contributed by atoms with E-state index in [0.29, 0.717) is 22.9 Å². The summed E-state index contributed by atoms with van der Waals surface area (Å²) in [6.45, 7) is -0.271. The Morgan fingerprint density at radius 2 is 1.58 bits per heavy atom. The molecule has 1 fully saturated rings. The monoisotopic (exact) mass is 739 g/mol. The Hall–Kier alpha value is -4.32. The fraction of sp³-hybridized carbons (Fsp3) is 0.297. The smallest absolute Gasteiger partial charge is 0.264 e. The average molecular weight is 741 g/mol. The Labute approximate surface area is 300 Å². The molecule has 262 valence electrons. The van der Waals surface area contributed by atoms with Gasteiger partial charge in [-0.2, -0.15) is 0 Å². The van der Waals surface area contributed by atoms with Crippen LogP contribution in [0.4, 0.5) is 10.1 Å². The van der Waals surface area contributed by atoms with Crippen molar-refractivity contribution in [2.24, 2.45) is 0 Å². The molecule has 1 saturated carbocycles. The van der Waals surface area contributed by atoms with E-state index < -0.39 is 34.3 Å². The molecule has 13 heteroatoms. The molecule has 50 heavy (non-hydrogen) atoms. The predicted octanol–water partition coefficient (Wildman–Crippen LogP) is 6.80. The van der Waals surface area contributed by atoms with Gasteiger partial charge in [0.1, 0.15) is 31.6 Å². The summed E-state index contributed by atoms with van der Waals surface area (Å²) in [7, 11) is -4.46. The first kappa shape index (κ1) is 35.5. The van der Waals surface area contributed by atoms with Gasteiger partial charge in [-0.25, -0.2) is 12.8 Å². The number of rotatable bonds is 12. The van der Waals surface area contributed by atoms with Gasteiger partial charge in [-0.15, -0.1) is 0 Å². The number of carbonyl (C=O) groups is 2. The van der Waals surface area contributed by atoms with Gasteiger partial charge < -0.3 is 19.7 Å². The van der Waals surface area contributed by atoms with Crippen molar-refractivity contribution < 1.29 is 31.9 Å². The molecule has 4 aromatic carbocycles. The summed E-state index contributed by atoms with van der Waals surface area (Å²) in [6, 6.07) is 22.0. The summed E-state index contributed by atoms with van der Waals surface area (Å²) in [5, 5.41) is 3.81. The number of carbonyl (C=O) groups excluding carboxylic acids is 2. The van der Waals surface area contributed by atoms with Crippen LogP contribution >= 0.6 is 23.2 Å². The molecular formula is C37H36Cl2FN3O6S. The van der Waals surface area contributed by atoms with Crippen LogP contribution in [-0.4, -0.2) is 57.0 Å². The van der Waals surface area contributed by atoms with Crippen LogP contribution in [0.25, 0.3) is 0 Å². The van der Waals surface area contributed by atoms with Crippen molar-refractivity contribution in [3.8, 4) is 11.5 Å². The second-order valence-corrected chi connectivity index (χ2v) is 15.0. The highest BCUT2D eigenvalue weighted by Gasteiger charge is 2.36. The fourth-order valence-electron chi connectivity index (χ4n) is 6.20. The minimum atomic E-state index is -4.46. The summed E-state index contributed by atoms with van der Waals surface area (Å²) < 4.78 is 55.0. The van der Waals surface area contributed by atoms with Crippen molar-refractivity contribution in [2.45, 2.75) is 55.6 Å². The van der Waals surface area contributed by atoms with Gasteiger partial charge in [0.05, 0.1) is 10.6 Å². The molecule has 0 saturated heterocycles. The van der Waals surface area contributed by atoms with Crippen LogP contribution in [0.1, 0.15) is 36.8 Å². The van der Waals surface area contributed by atoms with E-state index in [1.807, 2.05) is 30.3 Å². The number of anilines is 1. The van der Waals surface area contributed by atoms with Crippen molar-refractivity contribution in [1.82, 2.24) is 10.2 Å². The molecule has 2 aliphatic rings. The summed E-state index contributed by atoms with van der Waals surface area (Å²) in [5.41, 5.74) is 1.37. The van der Waals surface area contributed by atoms with Crippen LogP contribution in [-0.2, 0) is 32.6 Å². The van der Waals surface area contributed by atoms with Gasteiger partial charge in [0, 0.05) is 35.1 Å². The lowest BCUT2D eigenvalue weighted by Gasteiger charge is -2.34. The summed E-state index contributed by atoms with van der Waals surface area (Å²) >= 11 is 12.8. The molecule has 4 aromatic rings. The quantitative estimate of drug-likeness (QED) is 0.172. The molecule has 0 aromatic heterocycles. The second-order valence-electron chi connectivity index (χ2n) is 12.2. The van der Waals surface area contributed by atoms with Crippen molar-refractivity contribution in [3.05, 3.63) is 118 Å². The first-order valence-corrected chi connectivity index (χ1v) is 18.5. The standard InChI is InChI=1S/C37H36Cl2FN3O6S/c38-27-11-10-26(32(39)21-27)23-42(33(20-25-6-2-1-3-7-25)37(45)41-29-8-4-5-9-29)36(44)24-43(30-14-12-28(40)13-15-30)50(46,47)31-16-17-34-35(22-31)49-19-18-48-34/h1-3,6-7,10-17,21-22,29,33H,4-5,8-9,18-20,23-24H2,(H,41,45)/t33-/m1/s1. The third kappa shape index (κ3) is 8.34. The predicted molar refractivity (Wildman–Crippen MR) is 190 cm³/mol. The van der Waals surface area contributed by atoms with E-state index in [4.69, 9.17) is 32.7 Å². The number of sulfonamides is 1. The Bertz CT molecular complexity index is 1940. The summed E-state index contributed by atoms with van der Waals surface area (Å²) in [5.74, 6) is -0.982. The average Bonchev–Trinajstić information content (AvgIpc) is 3.63. The Morgan fingerprint density at radius 3 is 2.28 bits per heavy atom. The van der Waals surface area contributed by atoms with Crippen LogP contribution in [0.2, 0.25) is 10.0 Å². The number of ether oxygens (including phenoxy) is 2. The van der Waals surface area contributed by atoms with Crippen LogP contribution in [0, 0.1) is 5.82 Å². The lowest BCUT2D eigenvalue weighted by molar-refractivity contribution is -0.140. The largest absolute Gasteiger partial charge is 0.486 e. The number of amides is 2. The van der Waals surface area contributed by atoms with Gasteiger partial charge in [-0.3, -0.25) is 13.9 Å². The van der Waals surface area contributed by atoms with Gasteiger partial charge in [-0.05, 0) is 72.5 Å². The maximum atomic E-state index is 14.7. The van der Waals surface area contributed by atoms with Crippen LogP contribution in [0.5, 0.6) is 11.5 Å². The van der Waals surface area contributed by atoms with Crippen molar-refractivity contribution in [3.63, 3.8) is 0 Å². The number of hydrogen-bond donors (Lipinski definition) is 1. The molecule has 0 spiro atoms. The number of benzene rings is 4. The zero-order valence-electron chi connectivity index (χ0n) is 27.1. The number of nitrogens with zero attached hydrogens (tertiary/aromatic N) is 2. The van der Waals surface area contributed by atoms with Crippen LogP contribution in [0.3, 0.4) is 0 Å². The lowest BCUT2D eigenvalue weighted by Crippen LogP contribution is -2.54. The van der Waals surface area contributed by atoms with E-state index in [1.165, 1.54) is 35.2 Å². The molecule has 2 amide bonds. The Balaban J connectivity index is 1.41. The second kappa shape index (κ2) is 15.7. The molecule has 6 rings (SSSR count). The minimum Gasteiger partial charge on any atom is -0.486 e. The number of fused-ring (bicyclic) bond motifs is 1. The maximum Gasteiger partial charge on any atom is 0.264 e. The molecular weight excluding hydrogens is 704 g/mol. The van der Waals surface area contributed by atoms with Crippen molar-refractivity contribution in [2.75, 3.05) is 24.1 Å². The molecule has 0 unspecified atom stereocenters. The highest BCUT2D eigenvalue weighted by atomic mass is 35.5. The van der Waals surface area contributed by atoms with Gasteiger partial charge in [-0.1, -0.05) is 72.4 Å². The molecule has 1 atom stereocenters. The number of nitrogens with one attached hydrogen (secondary N) is 1. The van der Waals surface area contributed by atoms with Crippen LogP contribution in [0.15, 0.2) is 95.9 Å². The highest BCUT2D eigenvalue weighted by molar-refractivity contribution is 7.92. The van der Waals surface area contributed by atoms with E-state index in [1.54, 1.807) is 18.2 Å². The normalized spacial score (nSPS) is 14.9. The molecule has 0 bridgehead atoms. The zero-order chi connectivity index (χ0) is 35.3. The molecule has 1 aliphatic heterocycles. The van der Waals surface area contributed by atoms with Crippen molar-refractivity contribution >= 4 is 50.7 Å². The minimum absolute atomic E-state index is 0.0388. The first-order chi connectivity index (χ1) is 24.1. The first-order valence-electron chi connectivity index (χ1n) is 16.3. The summed E-state index contributed by atoms with van der Waals surface area (Å²) in [4.78, 5) is 30.1. The van der Waals surface area contributed by atoms with E-state index in [-0.39, 0.29) is 52.9 Å². The van der Waals surface area contributed by atoms with E-state index in [2.05, 4.69) is 5.32 Å². The van der Waals surface area contributed by atoms with E-state index >= 15 is 0 Å². The fourth-order valence-corrected chi connectivity index (χ4v) is 8.10. The zero-order valence-corrected chi connectivity index (χ0v) is 29.4. The third-order valence-electron chi connectivity index (χ3n) is 8.82. The van der Waals surface area contributed by atoms with Gasteiger partial charge in [0.25, 0.3) is 10.0 Å². The topological polar surface area (TPSA) is 105 Å². The molecule has 0 radical (unpaired) electrons. The maximum absolute atomic E-state index is 14.7. The van der Waals surface area contributed by atoms with Crippen LogP contribution < -0.4 is 19.1 Å². The lowest BCUT2D eigenvalue weighted by atomic mass is 10.0. The number of hydrogen-bond acceptors (Lipinski definition) is 6. The molecule has 1 heterocycles. The third-order valence-corrected chi connectivity index (χ3v) is 11.2. The SMILES string of the molecule is O=C(NC1CCCC1)[C@@H](Cc1ccccc1)N(Cc1ccc(Cl)cc1Cl)C(=O)CN(c1ccc(F)cc1)S(=O)(=O)c1ccc2c(c1)OCCO2. The molecule has 9 nitrogen and oxygen atoms in total. The van der Waals surface area contributed by atoms with E-state index in [0.717, 1.165) is 47.7 Å². The van der Waals surface area contributed by atoms with Gasteiger partial charge in [0.15, 0.2) is 11.5 Å². The van der Waals surface area contributed by atoms with Crippen molar-refractivity contribution in [1.29, 1.82) is 0 Å². The molecule has 1 N–H and O–H groups in total. The Kier molecular flexibility index (Phi) is 11.2. The highest BCUT2D eigenvalue weighted by Crippen LogP contribution is 2.35.